The van der Waals surface area contributed by atoms with Crippen LogP contribution in [0.1, 0.15) is 32.6 Å². The van der Waals surface area contributed by atoms with E-state index in [1.807, 2.05) is 18.2 Å². The molecule has 25 heavy (non-hydrogen) atoms. The third-order valence-electron chi connectivity index (χ3n) is 4.75. The number of fused-ring (bicyclic) bond motifs is 1. The molecule has 7 heteroatoms. The lowest BCUT2D eigenvalue weighted by Crippen LogP contribution is -2.40. The van der Waals surface area contributed by atoms with Crippen molar-refractivity contribution < 1.29 is 0 Å². The van der Waals surface area contributed by atoms with Gasteiger partial charge in [-0.15, -0.1) is 0 Å². The van der Waals surface area contributed by atoms with Gasteiger partial charge in [0.1, 0.15) is 12.0 Å². The largest absolute Gasteiger partial charge is 0.393 e. The van der Waals surface area contributed by atoms with Gasteiger partial charge in [0.25, 0.3) is 0 Å². The Labute approximate surface area is 151 Å². The Kier molecular flexibility index (Phi) is 4.40. The Morgan fingerprint density at radius 1 is 1.28 bits per heavy atom. The lowest BCUT2D eigenvalue weighted by atomic mass is 10.00. The summed E-state index contributed by atoms with van der Waals surface area (Å²) in [6.45, 7) is 3.22. The van der Waals surface area contributed by atoms with Crippen LogP contribution in [0.25, 0.3) is 10.2 Å². The second-order valence-electron chi connectivity index (χ2n) is 6.32. The molecule has 0 amide bonds. The number of para-hydroxylation sites is 1. The number of benzene rings is 1. The smallest absolute Gasteiger partial charge is 0.189 e. The molecule has 3 N–H and O–H groups in total. The normalized spacial score (nSPS) is 17.8. The zero-order valence-corrected chi connectivity index (χ0v) is 15.1. The molecule has 0 saturated carbocycles. The SMILES string of the molecule is CCC1CCCCN1c1ncnc(Nc2nc3ccccc3s2)c1N. The van der Waals surface area contributed by atoms with Crippen LogP contribution in [0.5, 0.6) is 0 Å². The molecule has 1 aliphatic rings. The minimum absolute atomic E-state index is 0.501. The Bertz CT molecular complexity index is 844. The molecule has 1 aliphatic heterocycles. The maximum atomic E-state index is 6.42. The van der Waals surface area contributed by atoms with E-state index in [0.717, 1.165) is 34.1 Å². The summed E-state index contributed by atoms with van der Waals surface area (Å²) >= 11 is 1.60. The van der Waals surface area contributed by atoms with E-state index in [1.54, 1.807) is 17.7 Å². The fourth-order valence-corrected chi connectivity index (χ4v) is 4.31. The summed E-state index contributed by atoms with van der Waals surface area (Å²) < 4.78 is 1.14. The van der Waals surface area contributed by atoms with Crippen LogP contribution in [0.3, 0.4) is 0 Å². The van der Waals surface area contributed by atoms with E-state index in [-0.39, 0.29) is 0 Å². The molecular weight excluding hydrogens is 332 g/mol. The van der Waals surface area contributed by atoms with Crippen LogP contribution in [-0.4, -0.2) is 27.5 Å². The minimum Gasteiger partial charge on any atom is -0.393 e. The molecule has 1 fully saturated rings. The summed E-state index contributed by atoms with van der Waals surface area (Å²) in [6.07, 6.45) is 6.34. The highest BCUT2D eigenvalue weighted by molar-refractivity contribution is 7.22. The average Bonchev–Trinajstić information content (AvgIpc) is 3.06. The van der Waals surface area contributed by atoms with Gasteiger partial charge >= 0.3 is 0 Å². The molecule has 3 aromatic rings. The summed E-state index contributed by atoms with van der Waals surface area (Å²) in [5.41, 5.74) is 8.00. The van der Waals surface area contributed by atoms with Crippen molar-refractivity contribution in [1.82, 2.24) is 15.0 Å². The summed E-state index contributed by atoms with van der Waals surface area (Å²) in [5.74, 6) is 1.47. The highest BCUT2D eigenvalue weighted by Gasteiger charge is 2.25. The third-order valence-corrected chi connectivity index (χ3v) is 5.70. The van der Waals surface area contributed by atoms with Crippen molar-refractivity contribution in [2.24, 2.45) is 0 Å². The van der Waals surface area contributed by atoms with Gasteiger partial charge in [-0.25, -0.2) is 15.0 Å². The number of nitrogen functional groups attached to an aromatic ring is 1. The lowest BCUT2D eigenvalue weighted by Gasteiger charge is -2.36. The minimum atomic E-state index is 0.501. The monoisotopic (exact) mass is 354 g/mol. The first-order chi connectivity index (χ1) is 12.3. The van der Waals surface area contributed by atoms with Crippen LogP contribution in [0.15, 0.2) is 30.6 Å². The highest BCUT2D eigenvalue weighted by Crippen LogP contribution is 2.34. The first kappa shape index (κ1) is 16.1. The standard InChI is InChI=1S/C18H22N6S/c1-2-12-7-5-6-10-24(12)17-15(19)16(20-11-21-17)23-18-22-13-8-3-4-9-14(13)25-18/h3-4,8-9,11-12H,2,5-7,10,19H2,1H3,(H,20,21,22,23). The number of nitrogens with one attached hydrogen (secondary N) is 1. The zero-order valence-electron chi connectivity index (χ0n) is 14.3. The molecule has 0 aliphatic carbocycles. The highest BCUT2D eigenvalue weighted by atomic mass is 32.1. The van der Waals surface area contributed by atoms with Crippen molar-refractivity contribution >= 4 is 44.0 Å². The molecule has 1 aromatic carbocycles. The Balaban J connectivity index is 1.64. The van der Waals surface area contributed by atoms with Gasteiger partial charge in [0.2, 0.25) is 0 Å². The average molecular weight is 354 g/mol. The van der Waals surface area contributed by atoms with Crippen LogP contribution >= 0.6 is 11.3 Å². The summed E-state index contributed by atoms with van der Waals surface area (Å²) in [4.78, 5) is 15.8. The van der Waals surface area contributed by atoms with Crippen LogP contribution in [-0.2, 0) is 0 Å². The Morgan fingerprint density at radius 3 is 3.00 bits per heavy atom. The van der Waals surface area contributed by atoms with Crippen molar-refractivity contribution in [1.29, 1.82) is 0 Å². The number of anilines is 4. The molecule has 130 valence electrons. The van der Waals surface area contributed by atoms with E-state index in [1.165, 1.54) is 19.3 Å². The number of thiazole rings is 1. The molecular formula is C18H22N6S. The van der Waals surface area contributed by atoms with Gasteiger partial charge in [0.15, 0.2) is 16.8 Å². The van der Waals surface area contributed by atoms with Gasteiger partial charge in [-0.05, 0) is 37.8 Å². The van der Waals surface area contributed by atoms with E-state index in [0.29, 0.717) is 17.5 Å². The molecule has 0 bridgehead atoms. The summed E-state index contributed by atoms with van der Waals surface area (Å²) in [7, 11) is 0. The molecule has 1 saturated heterocycles. The van der Waals surface area contributed by atoms with E-state index in [4.69, 9.17) is 5.73 Å². The number of hydrogen-bond donors (Lipinski definition) is 2. The number of nitrogens with zero attached hydrogens (tertiary/aromatic N) is 4. The van der Waals surface area contributed by atoms with Gasteiger partial charge in [-0.1, -0.05) is 30.4 Å². The van der Waals surface area contributed by atoms with Gasteiger partial charge in [-0.2, -0.15) is 0 Å². The van der Waals surface area contributed by atoms with Crippen LogP contribution < -0.4 is 16.0 Å². The molecule has 0 spiro atoms. The molecule has 0 radical (unpaired) electrons. The first-order valence-corrected chi connectivity index (χ1v) is 9.57. The molecule has 2 aromatic heterocycles. The molecule has 4 rings (SSSR count). The fraction of sp³-hybridized carbons (Fsp3) is 0.389. The maximum absolute atomic E-state index is 6.42. The molecule has 6 nitrogen and oxygen atoms in total. The van der Waals surface area contributed by atoms with E-state index < -0.39 is 0 Å². The number of rotatable bonds is 4. The van der Waals surface area contributed by atoms with Crippen molar-refractivity contribution in [3.8, 4) is 0 Å². The van der Waals surface area contributed by atoms with Gasteiger partial charge in [0, 0.05) is 12.6 Å². The van der Waals surface area contributed by atoms with Gasteiger partial charge < -0.3 is 16.0 Å². The topological polar surface area (TPSA) is 80.0 Å². The third kappa shape index (κ3) is 3.11. The van der Waals surface area contributed by atoms with Gasteiger partial charge in [-0.3, -0.25) is 0 Å². The second-order valence-corrected chi connectivity index (χ2v) is 7.35. The van der Waals surface area contributed by atoms with Crippen molar-refractivity contribution in [3.63, 3.8) is 0 Å². The predicted octanol–water partition coefficient (Wildman–Crippen LogP) is 4.18. The number of piperidine rings is 1. The summed E-state index contributed by atoms with van der Waals surface area (Å²) in [6, 6.07) is 8.58. The lowest BCUT2D eigenvalue weighted by molar-refractivity contribution is 0.447. The molecule has 3 heterocycles. The fourth-order valence-electron chi connectivity index (χ4n) is 3.45. The van der Waals surface area contributed by atoms with Crippen LogP contribution in [0, 0.1) is 0 Å². The maximum Gasteiger partial charge on any atom is 0.189 e. The van der Waals surface area contributed by atoms with Crippen molar-refractivity contribution in [2.45, 2.75) is 38.6 Å². The molecule has 1 unspecified atom stereocenters. The Morgan fingerprint density at radius 2 is 2.16 bits per heavy atom. The van der Waals surface area contributed by atoms with Gasteiger partial charge in [0.05, 0.1) is 10.2 Å². The van der Waals surface area contributed by atoms with Crippen molar-refractivity contribution in [2.75, 3.05) is 22.5 Å². The second kappa shape index (κ2) is 6.84. The van der Waals surface area contributed by atoms with E-state index in [2.05, 4.69) is 38.2 Å². The quantitative estimate of drug-likeness (QED) is 0.731. The molecule has 1 atom stereocenters. The zero-order chi connectivity index (χ0) is 17.2. The van der Waals surface area contributed by atoms with Crippen molar-refractivity contribution in [3.05, 3.63) is 30.6 Å². The predicted molar refractivity (Wildman–Crippen MR) is 105 cm³/mol. The first-order valence-electron chi connectivity index (χ1n) is 8.76. The number of hydrogen-bond acceptors (Lipinski definition) is 7. The van der Waals surface area contributed by atoms with E-state index in [9.17, 15) is 0 Å². The summed E-state index contributed by atoms with van der Waals surface area (Å²) in [5, 5.41) is 4.07. The van der Waals surface area contributed by atoms with Crippen LogP contribution in [0.4, 0.5) is 22.5 Å². The Hall–Kier alpha value is -2.41. The number of aromatic nitrogens is 3. The van der Waals surface area contributed by atoms with Crippen LogP contribution in [0.2, 0.25) is 0 Å². The number of nitrogens with two attached hydrogens (primary N) is 1. The van der Waals surface area contributed by atoms with E-state index >= 15 is 0 Å².